The lowest BCUT2D eigenvalue weighted by atomic mass is 9.85. The van der Waals surface area contributed by atoms with Crippen molar-refractivity contribution in [3.8, 4) is 0 Å². The van der Waals surface area contributed by atoms with Crippen LogP contribution in [0, 0.1) is 5.41 Å². The largest absolute Gasteiger partial charge is 0.316 e. The summed E-state index contributed by atoms with van der Waals surface area (Å²) in [6.07, 6.45) is 9.59. The monoisotopic (exact) mass is 254 g/mol. The number of hydrogen-bond acceptors (Lipinski definition) is 2. The van der Waals surface area contributed by atoms with Crippen molar-refractivity contribution in [3.63, 3.8) is 0 Å². The van der Waals surface area contributed by atoms with Gasteiger partial charge < -0.3 is 10.2 Å². The summed E-state index contributed by atoms with van der Waals surface area (Å²) in [5.41, 5.74) is 0.561. The van der Waals surface area contributed by atoms with E-state index in [1.807, 2.05) is 0 Å². The molecule has 1 saturated carbocycles. The average molecular weight is 254 g/mol. The average Bonchev–Trinajstić information content (AvgIpc) is 2.78. The van der Waals surface area contributed by atoms with Crippen molar-refractivity contribution in [2.75, 3.05) is 26.7 Å². The predicted octanol–water partition coefficient (Wildman–Crippen LogP) is 3.67. The van der Waals surface area contributed by atoms with E-state index in [0.29, 0.717) is 5.41 Å². The highest BCUT2D eigenvalue weighted by Gasteiger charge is 2.35. The molecule has 1 N–H and O–H groups in total. The fraction of sp³-hybridized carbons (Fsp3) is 1.00. The molecule has 1 unspecified atom stereocenters. The van der Waals surface area contributed by atoms with Crippen molar-refractivity contribution in [1.82, 2.24) is 10.2 Å². The van der Waals surface area contributed by atoms with Crippen LogP contribution >= 0.6 is 0 Å². The predicted molar refractivity (Wildman–Crippen MR) is 81.1 cm³/mol. The Balaban J connectivity index is 2.45. The summed E-state index contributed by atoms with van der Waals surface area (Å²) in [5.74, 6) is 0. The van der Waals surface area contributed by atoms with Crippen LogP contribution in [0.15, 0.2) is 0 Å². The molecule has 1 aliphatic rings. The molecule has 2 heteroatoms. The Morgan fingerprint density at radius 1 is 1.17 bits per heavy atom. The van der Waals surface area contributed by atoms with E-state index in [1.54, 1.807) is 0 Å². The second-order valence-corrected chi connectivity index (χ2v) is 6.44. The molecule has 0 aromatic carbocycles. The van der Waals surface area contributed by atoms with Gasteiger partial charge in [0.1, 0.15) is 0 Å². The molecule has 0 amide bonds. The molecule has 0 aromatic rings. The zero-order valence-electron chi connectivity index (χ0n) is 13.1. The first-order valence-electron chi connectivity index (χ1n) is 8.04. The fourth-order valence-corrected chi connectivity index (χ4v) is 3.37. The van der Waals surface area contributed by atoms with E-state index < -0.39 is 0 Å². The SMILES string of the molecule is CCCNCC1(CN(C)C(C)CCC)CCCC1. The van der Waals surface area contributed by atoms with Crippen LogP contribution in [0.25, 0.3) is 0 Å². The van der Waals surface area contributed by atoms with Crippen LogP contribution in [0.3, 0.4) is 0 Å². The summed E-state index contributed by atoms with van der Waals surface area (Å²) < 4.78 is 0. The van der Waals surface area contributed by atoms with E-state index in [4.69, 9.17) is 0 Å². The normalized spacial score (nSPS) is 20.5. The summed E-state index contributed by atoms with van der Waals surface area (Å²) in [4.78, 5) is 2.60. The minimum absolute atomic E-state index is 0.561. The van der Waals surface area contributed by atoms with Crippen LogP contribution in [-0.4, -0.2) is 37.6 Å². The first-order valence-corrected chi connectivity index (χ1v) is 8.04. The highest BCUT2D eigenvalue weighted by Crippen LogP contribution is 2.38. The Kier molecular flexibility index (Phi) is 7.25. The number of nitrogens with zero attached hydrogens (tertiary/aromatic N) is 1. The smallest absolute Gasteiger partial charge is 0.00640 e. The van der Waals surface area contributed by atoms with Crippen LogP contribution in [-0.2, 0) is 0 Å². The Morgan fingerprint density at radius 2 is 1.83 bits per heavy atom. The quantitative estimate of drug-likeness (QED) is 0.632. The second kappa shape index (κ2) is 8.16. The molecular formula is C16H34N2. The van der Waals surface area contributed by atoms with Gasteiger partial charge >= 0.3 is 0 Å². The minimum Gasteiger partial charge on any atom is -0.316 e. The summed E-state index contributed by atoms with van der Waals surface area (Å²) in [6, 6.07) is 0.735. The lowest BCUT2D eigenvalue weighted by Gasteiger charge is -2.36. The molecule has 2 nitrogen and oxygen atoms in total. The van der Waals surface area contributed by atoms with Gasteiger partial charge in [-0.2, -0.15) is 0 Å². The number of hydrogen-bond donors (Lipinski definition) is 1. The highest BCUT2D eigenvalue weighted by molar-refractivity contribution is 4.89. The van der Waals surface area contributed by atoms with Gasteiger partial charge in [-0.3, -0.25) is 0 Å². The fourth-order valence-electron chi connectivity index (χ4n) is 3.37. The van der Waals surface area contributed by atoms with E-state index in [1.165, 1.54) is 64.6 Å². The van der Waals surface area contributed by atoms with Crippen LogP contribution in [0.4, 0.5) is 0 Å². The van der Waals surface area contributed by atoms with Crippen molar-refractivity contribution in [1.29, 1.82) is 0 Å². The lowest BCUT2D eigenvalue weighted by Crippen LogP contribution is -2.44. The van der Waals surface area contributed by atoms with E-state index in [-0.39, 0.29) is 0 Å². The summed E-state index contributed by atoms with van der Waals surface area (Å²) in [5, 5.41) is 3.67. The second-order valence-electron chi connectivity index (χ2n) is 6.44. The molecule has 0 heterocycles. The molecule has 0 bridgehead atoms. The minimum atomic E-state index is 0.561. The van der Waals surface area contributed by atoms with E-state index in [2.05, 4.69) is 38.0 Å². The maximum atomic E-state index is 3.67. The Bertz CT molecular complexity index is 209. The third kappa shape index (κ3) is 4.89. The molecule has 108 valence electrons. The van der Waals surface area contributed by atoms with Crippen molar-refractivity contribution in [2.45, 2.75) is 71.8 Å². The topological polar surface area (TPSA) is 15.3 Å². The molecule has 0 aromatic heterocycles. The summed E-state index contributed by atoms with van der Waals surface area (Å²) in [6.45, 7) is 10.6. The molecule has 0 radical (unpaired) electrons. The standard InChI is InChI=1S/C16H34N2/c1-5-9-15(3)18(4)14-16(10-7-8-11-16)13-17-12-6-2/h15,17H,5-14H2,1-4H3. The zero-order chi connectivity index (χ0) is 13.4. The van der Waals surface area contributed by atoms with Crippen LogP contribution in [0.5, 0.6) is 0 Å². The van der Waals surface area contributed by atoms with E-state index in [9.17, 15) is 0 Å². The van der Waals surface area contributed by atoms with Gasteiger partial charge in [0.15, 0.2) is 0 Å². The maximum Gasteiger partial charge on any atom is 0.00640 e. The molecule has 0 aliphatic heterocycles. The van der Waals surface area contributed by atoms with Gasteiger partial charge in [0, 0.05) is 19.1 Å². The Morgan fingerprint density at radius 3 is 2.39 bits per heavy atom. The van der Waals surface area contributed by atoms with E-state index >= 15 is 0 Å². The first-order chi connectivity index (χ1) is 8.63. The molecule has 0 spiro atoms. The van der Waals surface area contributed by atoms with Gasteiger partial charge in [-0.15, -0.1) is 0 Å². The van der Waals surface area contributed by atoms with Gasteiger partial charge in [-0.25, -0.2) is 0 Å². The summed E-state index contributed by atoms with van der Waals surface area (Å²) in [7, 11) is 2.32. The molecule has 18 heavy (non-hydrogen) atoms. The van der Waals surface area contributed by atoms with Gasteiger partial charge in [-0.05, 0) is 51.6 Å². The van der Waals surface area contributed by atoms with Gasteiger partial charge in [0.05, 0.1) is 0 Å². The van der Waals surface area contributed by atoms with Crippen molar-refractivity contribution < 1.29 is 0 Å². The number of nitrogens with one attached hydrogen (secondary N) is 1. The third-order valence-corrected chi connectivity index (χ3v) is 4.63. The molecule has 1 atom stereocenters. The zero-order valence-corrected chi connectivity index (χ0v) is 13.1. The van der Waals surface area contributed by atoms with E-state index in [0.717, 1.165) is 6.04 Å². The Labute approximate surface area is 115 Å². The molecule has 0 saturated heterocycles. The van der Waals surface area contributed by atoms with Crippen molar-refractivity contribution in [3.05, 3.63) is 0 Å². The first kappa shape index (κ1) is 16.0. The van der Waals surface area contributed by atoms with Gasteiger partial charge in [-0.1, -0.05) is 33.1 Å². The van der Waals surface area contributed by atoms with Crippen molar-refractivity contribution in [2.24, 2.45) is 5.41 Å². The van der Waals surface area contributed by atoms with Gasteiger partial charge in [0.25, 0.3) is 0 Å². The third-order valence-electron chi connectivity index (χ3n) is 4.63. The number of rotatable bonds is 9. The molecule has 1 aliphatic carbocycles. The molecular weight excluding hydrogens is 220 g/mol. The van der Waals surface area contributed by atoms with Gasteiger partial charge in [0.2, 0.25) is 0 Å². The van der Waals surface area contributed by atoms with Crippen LogP contribution in [0.2, 0.25) is 0 Å². The van der Waals surface area contributed by atoms with Crippen molar-refractivity contribution >= 4 is 0 Å². The highest BCUT2D eigenvalue weighted by atomic mass is 15.1. The molecule has 1 rings (SSSR count). The van der Waals surface area contributed by atoms with Crippen LogP contribution in [0.1, 0.15) is 65.7 Å². The lowest BCUT2D eigenvalue weighted by molar-refractivity contribution is 0.136. The van der Waals surface area contributed by atoms with Crippen LogP contribution < -0.4 is 5.32 Å². The maximum absolute atomic E-state index is 3.67. The Hall–Kier alpha value is -0.0800. The summed E-state index contributed by atoms with van der Waals surface area (Å²) >= 11 is 0. The molecule has 1 fully saturated rings.